The summed E-state index contributed by atoms with van der Waals surface area (Å²) in [5.41, 5.74) is 6.23. The van der Waals surface area contributed by atoms with E-state index in [-0.39, 0.29) is 6.04 Å². The zero-order valence-corrected chi connectivity index (χ0v) is 12.9. The van der Waals surface area contributed by atoms with Crippen molar-refractivity contribution in [2.45, 2.75) is 38.1 Å². The molecule has 0 aliphatic heterocycles. The van der Waals surface area contributed by atoms with Crippen LogP contribution < -0.4 is 5.73 Å². The number of halogens is 1. The molecular weight excluding hydrogens is 326 g/mol. The average Bonchev–Trinajstić information content (AvgIpc) is 3.07. The molecule has 1 unspecified atom stereocenters. The van der Waals surface area contributed by atoms with Crippen LogP contribution in [-0.2, 0) is 6.42 Å². The van der Waals surface area contributed by atoms with Gasteiger partial charge in [0.05, 0.1) is 4.88 Å². The van der Waals surface area contributed by atoms with E-state index in [0.29, 0.717) is 24.1 Å². The zero-order valence-electron chi connectivity index (χ0n) is 10.5. The lowest BCUT2D eigenvalue weighted by atomic mass is 9.96. The van der Waals surface area contributed by atoms with Gasteiger partial charge in [0, 0.05) is 22.3 Å². The summed E-state index contributed by atoms with van der Waals surface area (Å²) in [7, 11) is 0. The van der Waals surface area contributed by atoms with Crippen LogP contribution in [0.5, 0.6) is 0 Å². The summed E-state index contributed by atoms with van der Waals surface area (Å²) in [5.74, 6) is 1.93. The van der Waals surface area contributed by atoms with Gasteiger partial charge in [-0.25, -0.2) is 0 Å². The molecule has 0 spiro atoms. The van der Waals surface area contributed by atoms with E-state index in [4.69, 9.17) is 10.3 Å². The first-order valence-corrected chi connectivity index (χ1v) is 8.22. The molecule has 19 heavy (non-hydrogen) atoms. The van der Waals surface area contributed by atoms with E-state index in [1.54, 1.807) is 11.3 Å². The van der Waals surface area contributed by atoms with Crippen LogP contribution in [0.15, 0.2) is 20.4 Å². The van der Waals surface area contributed by atoms with Crippen molar-refractivity contribution in [2.24, 2.45) is 11.7 Å². The number of aromatic nitrogens is 2. The summed E-state index contributed by atoms with van der Waals surface area (Å²) < 4.78 is 6.35. The van der Waals surface area contributed by atoms with Gasteiger partial charge in [0.25, 0.3) is 0 Å². The molecule has 102 valence electrons. The minimum Gasteiger partial charge on any atom is -0.339 e. The van der Waals surface area contributed by atoms with Crippen molar-refractivity contribution in [3.63, 3.8) is 0 Å². The lowest BCUT2D eigenvalue weighted by Crippen LogP contribution is -2.30. The standard InChI is InChI=1S/C13H16BrN3OS/c14-9-5-11(19-7-9)13-16-12(18-17-13)6-10(15)8-3-1-2-4-8/h5,7-8,10H,1-4,6,15H2. The Morgan fingerprint density at radius 1 is 1.47 bits per heavy atom. The minimum absolute atomic E-state index is 0.144. The first-order valence-electron chi connectivity index (χ1n) is 6.55. The Balaban J connectivity index is 1.67. The number of rotatable bonds is 4. The van der Waals surface area contributed by atoms with E-state index < -0.39 is 0 Å². The van der Waals surface area contributed by atoms with Gasteiger partial charge in [-0.2, -0.15) is 4.98 Å². The molecule has 1 aliphatic rings. The van der Waals surface area contributed by atoms with Crippen LogP contribution in [0, 0.1) is 5.92 Å². The molecule has 0 bridgehead atoms. The Hall–Kier alpha value is -0.720. The van der Waals surface area contributed by atoms with E-state index in [9.17, 15) is 0 Å². The highest BCUT2D eigenvalue weighted by atomic mass is 79.9. The normalized spacial score (nSPS) is 18.0. The number of hydrogen-bond acceptors (Lipinski definition) is 5. The van der Waals surface area contributed by atoms with Crippen LogP contribution in [0.4, 0.5) is 0 Å². The summed E-state index contributed by atoms with van der Waals surface area (Å²) in [6.45, 7) is 0. The molecule has 0 aromatic carbocycles. The Morgan fingerprint density at radius 3 is 2.95 bits per heavy atom. The second kappa shape index (κ2) is 5.73. The quantitative estimate of drug-likeness (QED) is 0.922. The average molecular weight is 342 g/mol. The van der Waals surface area contributed by atoms with Gasteiger partial charge >= 0.3 is 0 Å². The highest BCUT2D eigenvalue weighted by Crippen LogP contribution is 2.30. The first-order chi connectivity index (χ1) is 9.22. The van der Waals surface area contributed by atoms with Crippen LogP contribution in [-0.4, -0.2) is 16.2 Å². The van der Waals surface area contributed by atoms with Gasteiger partial charge < -0.3 is 10.3 Å². The second-order valence-electron chi connectivity index (χ2n) is 5.05. The number of nitrogens with zero attached hydrogens (tertiary/aromatic N) is 2. The highest BCUT2D eigenvalue weighted by Gasteiger charge is 2.24. The molecule has 6 heteroatoms. The SMILES string of the molecule is NC(Cc1nc(-c2cc(Br)cs2)no1)C1CCCC1. The van der Waals surface area contributed by atoms with E-state index in [1.165, 1.54) is 25.7 Å². The van der Waals surface area contributed by atoms with Crippen LogP contribution in [0.25, 0.3) is 10.7 Å². The summed E-state index contributed by atoms with van der Waals surface area (Å²) >= 11 is 5.02. The fourth-order valence-electron chi connectivity index (χ4n) is 2.62. The summed E-state index contributed by atoms with van der Waals surface area (Å²) in [4.78, 5) is 5.45. The zero-order chi connectivity index (χ0) is 13.2. The van der Waals surface area contributed by atoms with Crippen LogP contribution in [0.1, 0.15) is 31.6 Å². The smallest absolute Gasteiger partial charge is 0.228 e. The maximum Gasteiger partial charge on any atom is 0.228 e. The third-order valence-corrected chi connectivity index (χ3v) is 5.36. The Bertz CT molecular complexity index is 548. The Labute approximate surface area is 124 Å². The maximum atomic E-state index is 6.23. The fourth-order valence-corrected chi connectivity index (χ4v) is 3.97. The molecule has 1 fully saturated rings. The molecular formula is C13H16BrN3OS. The lowest BCUT2D eigenvalue weighted by molar-refractivity contribution is 0.341. The molecule has 4 nitrogen and oxygen atoms in total. The third kappa shape index (κ3) is 3.07. The van der Waals surface area contributed by atoms with Gasteiger partial charge in [-0.05, 0) is 40.8 Å². The highest BCUT2D eigenvalue weighted by molar-refractivity contribution is 9.10. The topological polar surface area (TPSA) is 64.9 Å². The molecule has 0 saturated heterocycles. The molecule has 0 radical (unpaired) electrons. The van der Waals surface area contributed by atoms with Crippen molar-refractivity contribution < 1.29 is 4.52 Å². The molecule has 3 rings (SSSR count). The van der Waals surface area contributed by atoms with Crippen LogP contribution >= 0.6 is 27.3 Å². The molecule has 2 aromatic heterocycles. The van der Waals surface area contributed by atoms with Crippen molar-refractivity contribution >= 4 is 27.3 Å². The van der Waals surface area contributed by atoms with Crippen molar-refractivity contribution in [1.82, 2.24) is 10.1 Å². The van der Waals surface area contributed by atoms with Gasteiger partial charge in [-0.1, -0.05) is 18.0 Å². The molecule has 2 N–H and O–H groups in total. The second-order valence-corrected chi connectivity index (χ2v) is 6.88. The van der Waals surface area contributed by atoms with Gasteiger partial charge in [-0.15, -0.1) is 11.3 Å². The van der Waals surface area contributed by atoms with Gasteiger partial charge in [0.2, 0.25) is 11.7 Å². The predicted molar refractivity (Wildman–Crippen MR) is 78.9 cm³/mol. The fraction of sp³-hybridized carbons (Fsp3) is 0.538. The summed E-state index contributed by atoms with van der Waals surface area (Å²) in [5, 5.41) is 6.04. The van der Waals surface area contributed by atoms with E-state index >= 15 is 0 Å². The molecule has 1 atom stereocenters. The first kappa shape index (κ1) is 13.3. The third-order valence-electron chi connectivity index (χ3n) is 3.67. The summed E-state index contributed by atoms with van der Waals surface area (Å²) in [6, 6.07) is 2.14. The van der Waals surface area contributed by atoms with E-state index in [1.807, 2.05) is 11.4 Å². The molecule has 2 heterocycles. The van der Waals surface area contributed by atoms with E-state index in [0.717, 1.165) is 9.35 Å². The largest absolute Gasteiger partial charge is 0.339 e. The molecule has 2 aromatic rings. The van der Waals surface area contributed by atoms with Crippen LogP contribution in [0.3, 0.4) is 0 Å². The monoisotopic (exact) mass is 341 g/mol. The predicted octanol–water partition coefficient (Wildman–Crippen LogP) is 3.62. The molecule has 1 aliphatic carbocycles. The van der Waals surface area contributed by atoms with Gasteiger partial charge in [-0.3, -0.25) is 0 Å². The number of thiophene rings is 1. The van der Waals surface area contributed by atoms with Crippen molar-refractivity contribution in [1.29, 1.82) is 0 Å². The Morgan fingerprint density at radius 2 is 2.26 bits per heavy atom. The molecule has 0 amide bonds. The molecule has 1 saturated carbocycles. The van der Waals surface area contributed by atoms with Crippen LogP contribution in [0.2, 0.25) is 0 Å². The van der Waals surface area contributed by atoms with E-state index in [2.05, 4.69) is 26.1 Å². The van der Waals surface area contributed by atoms with Crippen molar-refractivity contribution in [3.05, 3.63) is 21.8 Å². The Kier molecular flexibility index (Phi) is 4.00. The minimum atomic E-state index is 0.144. The number of nitrogens with two attached hydrogens (primary N) is 1. The van der Waals surface area contributed by atoms with Crippen molar-refractivity contribution in [3.8, 4) is 10.7 Å². The van der Waals surface area contributed by atoms with Crippen molar-refractivity contribution in [2.75, 3.05) is 0 Å². The number of hydrogen-bond donors (Lipinski definition) is 1. The lowest BCUT2D eigenvalue weighted by Gasteiger charge is -2.16. The van der Waals surface area contributed by atoms with Gasteiger partial charge in [0.1, 0.15) is 0 Å². The van der Waals surface area contributed by atoms with Gasteiger partial charge in [0.15, 0.2) is 0 Å². The summed E-state index contributed by atoms with van der Waals surface area (Å²) in [6.07, 6.45) is 5.76. The maximum absolute atomic E-state index is 6.23.